The fourth-order valence-corrected chi connectivity index (χ4v) is 3.35. The van der Waals surface area contributed by atoms with Crippen LogP contribution in [0.2, 0.25) is 0 Å². The Balaban J connectivity index is 1.41. The average Bonchev–Trinajstić information content (AvgIpc) is 3.16. The summed E-state index contributed by atoms with van der Waals surface area (Å²) in [5.41, 5.74) is 5.21. The van der Waals surface area contributed by atoms with Gasteiger partial charge in [0, 0.05) is 25.4 Å². The number of carbonyl (C=O) groups is 1. The van der Waals surface area contributed by atoms with Crippen LogP contribution in [0.5, 0.6) is 5.75 Å². The summed E-state index contributed by atoms with van der Waals surface area (Å²) in [6, 6.07) is 10.1. The average molecular weight is 335 g/mol. The first kappa shape index (κ1) is 15.7. The van der Waals surface area contributed by atoms with Crippen LogP contribution >= 0.6 is 0 Å². The number of rotatable bonds is 4. The Bertz CT molecular complexity index is 945. The molecule has 3 aromatic rings. The number of aryl methyl sites for hydroxylation is 1. The van der Waals surface area contributed by atoms with Gasteiger partial charge in [-0.25, -0.2) is 4.98 Å². The van der Waals surface area contributed by atoms with Crippen LogP contribution < -0.4 is 10.1 Å². The SMILES string of the molecule is Cc1cccn2c(CC(=O)NCc3ccc4c(c3)CC(C)O4)cnc12. The summed E-state index contributed by atoms with van der Waals surface area (Å²) in [7, 11) is 0. The number of aromatic nitrogens is 2. The Labute approximate surface area is 146 Å². The highest BCUT2D eigenvalue weighted by Crippen LogP contribution is 2.29. The first-order chi connectivity index (χ1) is 12.1. The van der Waals surface area contributed by atoms with Gasteiger partial charge in [0.1, 0.15) is 17.5 Å². The second-order valence-corrected chi connectivity index (χ2v) is 6.66. The number of hydrogen-bond donors (Lipinski definition) is 1. The second-order valence-electron chi connectivity index (χ2n) is 6.66. The summed E-state index contributed by atoms with van der Waals surface area (Å²) < 4.78 is 7.69. The molecule has 1 aliphatic heterocycles. The molecule has 0 saturated heterocycles. The summed E-state index contributed by atoms with van der Waals surface area (Å²) in [6.45, 7) is 4.61. The summed E-state index contributed by atoms with van der Waals surface area (Å²) >= 11 is 0. The maximum Gasteiger partial charge on any atom is 0.226 e. The summed E-state index contributed by atoms with van der Waals surface area (Å²) in [5, 5.41) is 3.00. The van der Waals surface area contributed by atoms with Gasteiger partial charge in [-0.2, -0.15) is 0 Å². The van der Waals surface area contributed by atoms with Crippen molar-refractivity contribution in [3.05, 3.63) is 65.1 Å². The van der Waals surface area contributed by atoms with Crippen LogP contribution in [0.25, 0.3) is 5.65 Å². The molecule has 1 aromatic carbocycles. The molecule has 1 amide bonds. The van der Waals surface area contributed by atoms with Crippen LogP contribution in [-0.4, -0.2) is 21.4 Å². The molecule has 3 heterocycles. The van der Waals surface area contributed by atoms with Crippen molar-refractivity contribution in [2.24, 2.45) is 0 Å². The Morgan fingerprint density at radius 3 is 3.16 bits per heavy atom. The molecule has 0 aliphatic carbocycles. The van der Waals surface area contributed by atoms with Gasteiger partial charge in [-0.3, -0.25) is 4.79 Å². The van der Waals surface area contributed by atoms with Gasteiger partial charge >= 0.3 is 0 Å². The predicted molar refractivity (Wildman–Crippen MR) is 95.7 cm³/mol. The van der Waals surface area contributed by atoms with E-state index in [4.69, 9.17) is 4.74 Å². The molecule has 0 bridgehead atoms. The third kappa shape index (κ3) is 3.09. The van der Waals surface area contributed by atoms with Gasteiger partial charge in [0.15, 0.2) is 0 Å². The van der Waals surface area contributed by atoms with Crippen LogP contribution in [0.15, 0.2) is 42.7 Å². The van der Waals surface area contributed by atoms with E-state index in [1.807, 2.05) is 41.8 Å². The number of fused-ring (bicyclic) bond motifs is 2. The van der Waals surface area contributed by atoms with Crippen LogP contribution in [0.3, 0.4) is 0 Å². The molecule has 1 atom stereocenters. The Hall–Kier alpha value is -2.82. The van der Waals surface area contributed by atoms with Crippen molar-refractivity contribution in [1.82, 2.24) is 14.7 Å². The molecule has 4 rings (SSSR count). The predicted octanol–water partition coefficient (Wildman–Crippen LogP) is 2.83. The largest absolute Gasteiger partial charge is 0.490 e. The molecular weight excluding hydrogens is 314 g/mol. The lowest BCUT2D eigenvalue weighted by molar-refractivity contribution is -0.120. The normalized spacial score (nSPS) is 15.8. The maximum absolute atomic E-state index is 12.3. The standard InChI is InChI=1S/C20H21N3O2/c1-13-4-3-7-23-17(12-22-20(13)23)10-19(24)21-11-15-5-6-18-16(9-15)8-14(2)25-18/h3-7,9,12,14H,8,10-11H2,1-2H3,(H,21,24). The quantitative estimate of drug-likeness (QED) is 0.798. The van der Waals surface area contributed by atoms with Gasteiger partial charge in [0.25, 0.3) is 0 Å². The van der Waals surface area contributed by atoms with Gasteiger partial charge in [0.2, 0.25) is 5.91 Å². The van der Waals surface area contributed by atoms with Crippen LogP contribution in [-0.2, 0) is 24.2 Å². The van der Waals surface area contributed by atoms with Crippen LogP contribution in [0.1, 0.15) is 29.3 Å². The van der Waals surface area contributed by atoms with E-state index in [1.165, 1.54) is 5.56 Å². The molecule has 2 aromatic heterocycles. The molecule has 25 heavy (non-hydrogen) atoms. The van der Waals surface area contributed by atoms with Gasteiger partial charge in [-0.1, -0.05) is 18.2 Å². The molecule has 1 aliphatic rings. The molecule has 5 heteroatoms. The first-order valence-corrected chi connectivity index (χ1v) is 8.57. The van der Waals surface area contributed by atoms with Crippen LogP contribution in [0.4, 0.5) is 0 Å². The van der Waals surface area contributed by atoms with Crippen molar-refractivity contribution >= 4 is 11.6 Å². The number of amides is 1. The Morgan fingerprint density at radius 1 is 1.40 bits per heavy atom. The van der Waals surface area contributed by atoms with E-state index >= 15 is 0 Å². The molecule has 1 N–H and O–H groups in total. The molecule has 0 fully saturated rings. The van der Waals surface area contributed by atoms with E-state index in [0.717, 1.165) is 34.6 Å². The topological polar surface area (TPSA) is 55.6 Å². The van der Waals surface area contributed by atoms with Crippen molar-refractivity contribution < 1.29 is 9.53 Å². The third-order valence-electron chi connectivity index (χ3n) is 4.60. The van der Waals surface area contributed by atoms with Crippen molar-refractivity contribution in [2.45, 2.75) is 39.3 Å². The van der Waals surface area contributed by atoms with E-state index in [9.17, 15) is 4.79 Å². The van der Waals surface area contributed by atoms with Gasteiger partial charge < -0.3 is 14.5 Å². The van der Waals surface area contributed by atoms with E-state index in [2.05, 4.69) is 23.3 Å². The molecule has 0 saturated carbocycles. The van der Waals surface area contributed by atoms with Crippen molar-refractivity contribution in [1.29, 1.82) is 0 Å². The second kappa shape index (κ2) is 6.24. The lowest BCUT2D eigenvalue weighted by Crippen LogP contribution is -2.25. The van der Waals surface area contributed by atoms with Crippen molar-refractivity contribution in [3.63, 3.8) is 0 Å². The smallest absolute Gasteiger partial charge is 0.226 e. The number of nitrogens with zero attached hydrogens (tertiary/aromatic N) is 2. The Morgan fingerprint density at radius 2 is 2.28 bits per heavy atom. The molecule has 1 unspecified atom stereocenters. The molecular formula is C20H21N3O2. The lowest BCUT2D eigenvalue weighted by atomic mass is 10.1. The highest BCUT2D eigenvalue weighted by atomic mass is 16.5. The number of imidazole rings is 1. The number of pyridine rings is 1. The third-order valence-corrected chi connectivity index (χ3v) is 4.60. The zero-order chi connectivity index (χ0) is 17.4. The number of ether oxygens (including phenoxy) is 1. The number of hydrogen-bond acceptors (Lipinski definition) is 3. The number of carbonyl (C=O) groups excluding carboxylic acids is 1. The molecule has 0 spiro atoms. The van der Waals surface area contributed by atoms with Crippen LogP contribution in [0, 0.1) is 6.92 Å². The minimum atomic E-state index is -0.00609. The minimum absolute atomic E-state index is 0.00609. The van der Waals surface area contributed by atoms with Crippen molar-refractivity contribution in [2.75, 3.05) is 0 Å². The molecule has 5 nitrogen and oxygen atoms in total. The first-order valence-electron chi connectivity index (χ1n) is 8.57. The fourth-order valence-electron chi connectivity index (χ4n) is 3.35. The van der Waals surface area contributed by atoms with Gasteiger partial charge in [0.05, 0.1) is 12.1 Å². The lowest BCUT2D eigenvalue weighted by Gasteiger charge is -2.07. The number of benzene rings is 1. The van der Waals surface area contributed by atoms with E-state index in [-0.39, 0.29) is 12.0 Å². The Kier molecular flexibility index (Phi) is 3.92. The fraction of sp³-hybridized carbons (Fsp3) is 0.300. The van der Waals surface area contributed by atoms with Gasteiger partial charge in [-0.05, 0) is 42.7 Å². The van der Waals surface area contributed by atoms with Crippen molar-refractivity contribution in [3.8, 4) is 5.75 Å². The minimum Gasteiger partial charge on any atom is -0.490 e. The maximum atomic E-state index is 12.3. The highest BCUT2D eigenvalue weighted by Gasteiger charge is 2.19. The van der Waals surface area contributed by atoms with Gasteiger partial charge in [-0.15, -0.1) is 0 Å². The zero-order valence-corrected chi connectivity index (χ0v) is 14.5. The highest BCUT2D eigenvalue weighted by molar-refractivity contribution is 5.78. The molecule has 128 valence electrons. The summed E-state index contributed by atoms with van der Waals surface area (Å²) in [6.07, 6.45) is 5.20. The summed E-state index contributed by atoms with van der Waals surface area (Å²) in [4.78, 5) is 16.7. The zero-order valence-electron chi connectivity index (χ0n) is 14.5. The number of nitrogens with one attached hydrogen (secondary N) is 1. The summed E-state index contributed by atoms with van der Waals surface area (Å²) in [5.74, 6) is 0.956. The van der Waals surface area contributed by atoms with E-state index in [0.29, 0.717) is 13.0 Å². The van der Waals surface area contributed by atoms with E-state index in [1.54, 1.807) is 6.20 Å². The van der Waals surface area contributed by atoms with E-state index < -0.39 is 0 Å². The monoisotopic (exact) mass is 335 g/mol. The molecule has 0 radical (unpaired) electrons.